The van der Waals surface area contributed by atoms with E-state index in [4.69, 9.17) is 4.74 Å². The summed E-state index contributed by atoms with van der Waals surface area (Å²) in [6.45, 7) is 0. The quantitative estimate of drug-likeness (QED) is 0.680. The maximum atomic E-state index is 9.76. The van der Waals surface area contributed by atoms with E-state index in [1.807, 2.05) is 24.3 Å². The third-order valence-electron chi connectivity index (χ3n) is 3.36. The van der Waals surface area contributed by atoms with Crippen LogP contribution < -0.4 is 4.74 Å². The summed E-state index contributed by atoms with van der Waals surface area (Å²) in [7, 11) is 1.47. The first-order valence-electron chi connectivity index (χ1n) is 6.76. The van der Waals surface area contributed by atoms with Crippen molar-refractivity contribution in [2.75, 3.05) is 7.11 Å². The molecule has 5 nitrogen and oxygen atoms in total. The van der Waals surface area contributed by atoms with Gasteiger partial charge in [-0.25, -0.2) is 4.98 Å². The number of fused-ring (bicyclic) bond motifs is 1. The fourth-order valence-corrected chi connectivity index (χ4v) is 2.67. The van der Waals surface area contributed by atoms with Gasteiger partial charge in [0, 0.05) is 4.47 Å². The number of halogens is 1. The highest BCUT2D eigenvalue weighted by molar-refractivity contribution is 9.10. The van der Waals surface area contributed by atoms with Crippen molar-refractivity contribution < 1.29 is 9.84 Å². The number of hydrogen-bond acceptors (Lipinski definition) is 4. The van der Waals surface area contributed by atoms with E-state index in [0.29, 0.717) is 27.2 Å². The lowest BCUT2D eigenvalue weighted by atomic mass is 10.1. The number of para-hydroxylation sites is 2. The molecular formula is C17H12BrN3O2. The molecule has 1 aromatic heterocycles. The van der Waals surface area contributed by atoms with Crippen LogP contribution in [0.3, 0.4) is 0 Å². The van der Waals surface area contributed by atoms with Crippen LogP contribution in [0.25, 0.3) is 22.7 Å². The highest BCUT2D eigenvalue weighted by Gasteiger charge is 2.11. The van der Waals surface area contributed by atoms with Gasteiger partial charge in [-0.1, -0.05) is 28.1 Å². The second kappa shape index (κ2) is 6.15. The van der Waals surface area contributed by atoms with Crippen LogP contribution in [-0.2, 0) is 0 Å². The molecule has 0 saturated carbocycles. The Morgan fingerprint density at radius 2 is 2.17 bits per heavy atom. The number of nitrogens with one attached hydrogen (secondary N) is 1. The molecule has 6 heteroatoms. The normalized spacial score (nSPS) is 11.4. The standard InChI is InChI=1S/C17H12BrN3O2/c1-23-16-7-10(12(18)8-15(16)22)6-11(9-19)17-20-13-4-2-3-5-14(13)21-17/h2-8,22H,1H3,(H,20,21)/b11-6+. The Labute approximate surface area is 141 Å². The van der Waals surface area contributed by atoms with Gasteiger partial charge in [-0.3, -0.25) is 0 Å². The zero-order valence-electron chi connectivity index (χ0n) is 12.2. The zero-order chi connectivity index (χ0) is 16.4. The number of aromatic hydroxyl groups is 1. The molecule has 0 aliphatic rings. The number of nitriles is 1. The molecular weight excluding hydrogens is 358 g/mol. The van der Waals surface area contributed by atoms with Crippen molar-refractivity contribution in [3.05, 3.63) is 52.3 Å². The summed E-state index contributed by atoms with van der Waals surface area (Å²) in [6, 6.07) is 12.9. The number of nitrogens with zero attached hydrogens (tertiary/aromatic N) is 2. The topological polar surface area (TPSA) is 81.9 Å². The van der Waals surface area contributed by atoms with E-state index < -0.39 is 0 Å². The van der Waals surface area contributed by atoms with Crippen LogP contribution in [0.15, 0.2) is 40.9 Å². The molecule has 0 bridgehead atoms. The van der Waals surface area contributed by atoms with Gasteiger partial charge >= 0.3 is 0 Å². The van der Waals surface area contributed by atoms with Crippen LogP contribution >= 0.6 is 15.9 Å². The van der Waals surface area contributed by atoms with Gasteiger partial charge in [0.2, 0.25) is 0 Å². The molecule has 3 rings (SSSR count). The summed E-state index contributed by atoms with van der Waals surface area (Å²) in [5.41, 5.74) is 2.75. The van der Waals surface area contributed by atoms with Crippen LogP contribution in [0.1, 0.15) is 11.4 Å². The Hall–Kier alpha value is -2.78. The van der Waals surface area contributed by atoms with Gasteiger partial charge in [-0.05, 0) is 35.9 Å². The Morgan fingerprint density at radius 1 is 1.39 bits per heavy atom. The van der Waals surface area contributed by atoms with Crippen molar-refractivity contribution in [1.82, 2.24) is 9.97 Å². The van der Waals surface area contributed by atoms with E-state index in [0.717, 1.165) is 11.0 Å². The maximum Gasteiger partial charge on any atom is 0.161 e. The molecule has 0 unspecified atom stereocenters. The first-order valence-corrected chi connectivity index (χ1v) is 7.55. The molecule has 0 aliphatic carbocycles. The van der Waals surface area contributed by atoms with E-state index >= 15 is 0 Å². The van der Waals surface area contributed by atoms with Crippen LogP contribution in [-0.4, -0.2) is 22.2 Å². The number of allylic oxidation sites excluding steroid dienone is 1. The van der Waals surface area contributed by atoms with Crippen molar-refractivity contribution in [3.8, 4) is 17.6 Å². The molecule has 3 aromatic rings. The molecule has 0 atom stereocenters. The molecule has 0 spiro atoms. The number of aromatic nitrogens is 2. The third kappa shape index (κ3) is 2.91. The summed E-state index contributed by atoms with van der Waals surface area (Å²) in [5, 5.41) is 19.2. The fourth-order valence-electron chi connectivity index (χ4n) is 2.22. The lowest BCUT2D eigenvalue weighted by Gasteiger charge is -2.06. The van der Waals surface area contributed by atoms with E-state index in [1.165, 1.54) is 13.2 Å². The molecule has 114 valence electrons. The number of rotatable bonds is 3. The van der Waals surface area contributed by atoms with Gasteiger partial charge < -0.3 is 14.8 Å². The Kier molecular flexibility index (Phi) is 4.04. The molecule has 0 aliphatic heterocycles. The lowest BCUT2D eigenvalue weighted by molar-refractivity contribution is 0.373. The molecule has 0 saturated heterocycles. The minimum Gasteiger partial charge on any atom is -0.504 e. The van der Waals surface area contributed by atoms with Gasteiger partial charge in [0.1, 0.15) is 11.9 Å². The predicted octanol–water partition coefficient (Wildman–Crippen LogP) is 4.10. The van der Waals surface area contributed by atoms with E-state index in [2.05, 4.69) is 32.0 Å². The molecule has 23 heavy (non-hydrogen) atoms. The smallest absolute Gasteiger partial charge is 0.161 e. The molecule has 0 amide bonds. The number of phenols is 1. The Bertz CT molecular complexity index is 921. The van der Waals surface area contributed by atoms with Crippen molar-refractivity contribution in [3.63, 3.8) is 0 Å². The zero-order valence-corrected chi connectivity index (χ0v) is 13.8. The fraction of sp³-hybridized carbons (Fsp3) is 0.0588. The van der Waals surface area contributed by atoms with Gasteiger partial charge in [0.05, 0.1) is 23.7 Å². The molecule has 0 radical (unpaired) electrons. The van der Waals surface area contributed by atoms with Crippen molar-refractivity contribution in [2.24, 2.45) is 0 Å². The number of benzene rings is 2. The van der Waals surface area contributed by atoms with Gasteiger partial charge in [0.15, 0.2) is 11.5 Å². The number of methoxy groups -OCH3 is 1. The Balaban J connectivity index is 2.10. The van der Waals surface area contributed by atoms with Crippen molar-refractivity contribution in [2.45, 2.75) is 0 Å². The Morgan fingerprint density at radius 3 is 2.87 bits per heavy atom. The number of phenolic OH excluding ortho intramolecular Hbond substituents is 1. The van der Waals surface area contributed by atoms with Crippen LogP contribution in [0.4, 0.5) is 0 Å². The van der Waals surface area contributed by atoms with Gasteiger partial charge in [-0.15, -0.1) is 0 Å². The second-order valence-electron chi connectivity index (χ2n) is 4.82. The predicted molar refractivity (Wildman–Crippen MR) is 91.9 cm³/mol. The SMILES string of the molecule is COc1cc(/C=C(\C#N)c2nc3ccccc3[nH]2)c(Br)cc1O. The highest BCUT2D eigenvalue weighted by Crippen LogP contribution is 2.34. The van der Waals surface area contributed by atoms with Crippen molar-refractivity contribution in [1.29, 1.82) is 5.26 Å². The van der Waals surface area contributed by atoms with Crippen LogP contribution in [0.2, 0.25) is 0 Å². The average Bonchev–Trinajstić information content (AvgIpc) is 2.98. The summed E-state index contributed by atoms with van der Waals surface area (Å²) >= 11 is 3.38. The maximum absolute atomic E-state index is 9.76. The number of hydrogen-bond donors (Lipinski definition) is 2. The van der Waals surface area contributed by atoms with E-state index in [1.54, 1.807) is 12.1 Å². The third-order valence-corrected chi connectivity index (χ3v) is 4.05. The van der Waals surface area contributed by atoms with E-state index in [-0.39, 0.29) is 5.75 Å². The number of aromatic amines is 1. The molecule has 1 heterocycles. The summed E-state index contributed by atoms with van der Waals surface area (Å²) < 4.78 is 5.76. The molecule has 2 aromatic carbocycles. The summed E-state index contributed by atoms with van der Waals surface area (Å²) in [6.07, 6.45) is 1.68. The minimum atomic E-state index is 0.0266. The lowest BCUT2D eigenvalue weighted by Crippen LogP contribution is -1.88. The first-order chi connectivity index (χ1) is 11.1. The monoisotopic (exact) mass is 369 g/mol. The number of imidazole rings is 1. The minimum absolute atomic E-state index is 0.0266. The summed E-state index contributed by atoms with van der Waals surface area (Å²) in [4.78, 5) is 7.56. The van der Waals surface area contributed by atoms with Crippen LogP contribution in [0.5, 0.6) is 11.5 Å². The largest absolute Gasteiger partial charge is 0.504 e. The summed E-state index contributed by atoms with van der Waals surface area (Å²) in [5.74, 6) is 0.854. The van der Waals surface area contributed by atoms with Crippen molar-refractivity contribution >= 4 is 38.6 Å². The van der Waals surface area contributed by atoms with Crippen LogP contribution in [0, 0.1) is 11.3 Å². The van der Waals surface area contributed by atoms with Gasteiger partial charge in [-0.2, -0.15) is 5.26 Å². The second-order valence-corrected chi connectivity index (χ2v) is 5.67. The average molecular weight is 370 g/mol. The molecule has 0 fully saturated rings. The van der Waals surface area contributed by atoms with E-state index in [9.17, 15) is 10.4 Å². The number of ether oxygens (including phenoxy) is 1. The van der Waals surface area contributed by atoms with Gasteiger partial charge in [0.25, 0.3) is 0 Å². The highest BCUT2D eigenvalue weighted by atomic mass is 79.9. The first kappa shape index (κ1) is 15.1. The molecule has 2 N–H and O–H groups in total. The number of H-pyrrole nitrogens is 1.